The zero-order valence-electron chi connectivity index (χ0n) is 18.0. The molecule has 0 radical (unpaired) electrons. The molecule has 0 aromatic heterocycles. The topological polar surface area (TPSA) is 48.6 Å². The van der Waals surface area contributed by atoms with Crippen LogP contribution in [-0.4, -0.2) is 16.1 Å². The summed E-state index contributed by atoms with van der Waals surface area (Å²) in [4.78, 5) is 14.2. The summed E-state index contributed by atoms with van der Waals surface area (Å²) in [6, 6.07) is 25.2. The molecule has 0 amide bonds. The van der Waals surface area contributed by atoms with Gasteiger partial charge in [-0.15, -0.1) is 0 Å². The maximum Gasteiger partial charge on any atom is 0.171 e. The number of thiocarbonyl (C=S) groups is 1. The number of allylic oxidation sites excluding steroid dienone is 1. The molecule has 0 spiro atoms. The Labute approximate surface area is 190 Å². The largest absolute Gasteiger partial charge is 0.412 e. The lowest BCUT2D eigenvalue weighted by Crippen LogP contribution is -2.27. The number of hydrogen-bond acceptors (Lipinski definition) is 2. The van der Waals surface area contributed by atoms with Crippen LogP contribution in [0, 0.1) is 13.8 Å². The standard InChI is InChI=1S/C28H26OS.H2O/c1-19-7-11-21(12-8-19)17-23-5-3-4-6-24(23)18-25-15-16-26(30)27(28(25)29)22-13-9-20(2)10-14-22;/h3-14,18,27H,15-17H2,1-2H3;1H2/b25-18+;. The van der Waals surface area contributed by atoms with Crippen molar-refractivity contribution in [1.29, 1.82) is 0 Å². The Hall–Kier alpha value is -2.88. The fourth-order valence-corrected chi connectivity index (χ4v) is 4.39. The van der Waals surface area contributed by atoms with E-state index in [9.17, 15) is 4.79 Å². The Bertz CT molecular complexity index is 1110. The third kappa shape index (κ3) is 5.25. The maximum atomic E-state index is 13.4. The van der Waals surface area contributed by atoms with E-state index in [4.69, 9.17) is 12.2 Å². The van der Waals surface area contributed by atoms with E-state index in [2.05, 4.69) is 74.5 Å². The number of carbonyl (C=O) groups excluding carboxylic acids is 1. The van der Waals surface area contributed by atoms with Crippen molar-refractivity contribution < 1.29 is 10.3 Å². The average molecular weight is 429 g/mol. The highest BCUT2D eigenvalue weighted by atomic mass is 32.1. The van der Waals surface area contributed by atoms with E-state index in [1.54, 1.807) is 0 Å². The van der Waals surface area contributed by atoms with Gasteiger partial charge in [-0.1, -0.05) is 96.1 Å². The van der Waals surface area contributed by atoms with E-state index in [0.29, 0.717) is 0 Å². The first-order valence-electron chi connectivity index (χ1n) is 10.5. The van der Waals surface area contributed by atoms with E-state index in [-0.39, 0.29) is 17.2 Å². The number of aryl methyl sites for hydroxylation is 2. The SMILES string of the molecule is Cc1ccc(Cc2ccccc2/C=C2\CCC(=S)C(c3ccc(C)cc3)C2=O)cc1.O. The minimum Gasteiger partial charge on any atom is -0.412 e. The van der Waals surface area contributed by atoms with E-state index >= 15 is 0 Å². The van der Waals surface area contributed by atoms with Gasteiger partial charge in [-0.2, -0.15) is 0 Å². The highest BCUT2D eigenvalue weighted by Gasteiger charge is 2.31. The molecule has 3 aromatic rings. The van der Waals surface area contributed by atoms with E-state index in [0.717, 1.165) is 40.8 Å². The fraction of sp³-hybridized carbons (Fsp3) is 0.214. The average Bonchev–Trinajstić information content (AvgIpc) is 2.74. The molecule has 0 bridgehead atoms. The number of Topliss-reactive ketones (excluding diaryl/α,β-unsaturated/α-hetero) is 1. The summed E-state index contributed by atoms with van der Waals surface area (Å²) >= 11 is 5.61. The molecule has 1 aliphatic rings. The van der Waals surface area contributed by atoms with Gasteiger partial charge in [-0.05, 0) is 67.0 Å². The second-order valence-electron chi connectivity index (χ2n) is 8.21. The Morgan fingerprint density at radius 1 is 0.871 bits per heavy atom. The molecule has 3 heteroatoms. The van der Waals surface area contributed by atoms with Crippen molar-refractivity contribution in [3.8, 4) is 0 Å². The number of benzene rings is 3. The van der Waals surface area contributed by atoms with Crippen LogP contribution in [0.3, 0.4) is 0 Å². The van der Waals surface area contributed by atoms with Gasteiger partial charge >= 0.3 is 0 Å². The van der Waals surface area contributed by atoms with Gasteiger partial charge in [0.25, 0.3) is 0 Å². The van der Waals surface area contributed by atoms with Crippen LogP contribution in [0.15, 0.2) is 78.4 Å². The van der Waals surface area contributed by atoms with Gasteiger partial charge in [0.1, 0.15) is 0 Å². The van der Waals surface area contributed by atoms with Crippen LogP contribution in [-0.2, 0) is 11.2 Å². The van der Waals surface area contributed by atoms with Crippen molar-refractivity contribution in [2.24, 2.45) is 0 Å². The summed E-state index contributed by atoms with van der Waals surface area (Å²) in [5.74, 6) is -0.148. The van der Waals surface area contributed by atoms with Crippen LogP contribution < -0.4 is 0 Å². The molecule has 158 valence electrons. The summed E-state index contributed by atoms with van der Waals surface area (Å²) in [5.41, 5.74) is 7.98. The Balaban J connectivity index is 0.00000272. The Kier molecular flexibility index (Phi) is 7.32. The van der Waals surface area contributed by atoms with Crippen LogP contribution >= 0.6 is 12.2 Å². The summed E-state index contributed by atoms with van der Waals surface area (Å²) in [6.45, 7) is 4.16. The lowest BCUT2D eigenvalue weighted by molar-refractivity contribution is -0.115. The molecule has 0 heterocycles. The van der Waals surface area contributed by atoms with Gasteiger partial charge in [-0.3, -0.25) is 4.79 Å². The van der Waals surface area contributed by atoms with Crippen molar-refractivity contribution in [3.05, 3.63) is 112 Å². The third-order valence-electron chi connectivity index (χ3n) is 5.85. The van der Waals surface area contributed by atoms with Crippen molar-refractivity contribution >= 4 is 28.9 Å². The zero-order chi connectivity index (χ0) is 21.1. The number of rotatable bonds is 4. The summed E-state index contributed by atoms with van der Waals surface area (Å²) in [5, 5.41) is 0. The van der Waals surface area contributed by atoms with Crippen molar-refractivity contribution in [3.63, 3.8) is 0 Å². The van der Waals surface area contributed by atoms with E-state index < -0.39 is 0 Å². The van der Waals surface area contributed by atoms with Crippen molar-refractivity contribution in [2.45, 2.75) is 39.0 Å². The molecular weight excluding hydrogens is 400 g/mol. The number of ketones is 1. The second-order valence-corrected chi connectivity index (χ2v) is 8.73. The summed E-state index contributed by atoms with van der Waals surface area (Å²) in [7, 11) is 0. The quantitative estimate of drug-likeness (QED) is 0.380. The minimum atomic E-state index is -0.301. The molecule has 1 saturated carbocycles. The normalized spacial score (nSPS) is 17.5. The molecule has 1 unspecified atom stereocenters. The van der Waals surface area contributed by atoms with Gasteiger partial charge < -0.3 is 5.48 Å². The molecule has 3 aromatic carbocycles. The minimum absolute atomic E-state index is 0. The van der Waals surface area contributed by atoms with Crippen LogP contribution in [0.25, 0.3) is 6.08 Å². The lowest BCUT2D eigenvalue weighted by Gasteiger charge is -2.25. The van der Waals surface area contributed by atoms with Crippen LogP contribution in [0.2, 0.25) is 0 Å². The molecule has 1 aliphatic carbocycles. The number of hydrogen-bond donors (Lipinski definition) is 0. The highest BCUT2D eigenvalue weighted by Crippen LogP contribution is 2.33. The molecule has 31 heavy (non-hydrogen) atoms. The second kappa shape index (κ2) is 9.95. The predicted octanol–water partition coefficient (Wildman–Crippen LogP) is 5.97. The third-order valence-corrected chi connectivity index (χ3v) is 6.29. The Morgan fingerprint density at radius 3 is 2.16 bits per heavy atom. The summed E-state index contributed by atoms with van der Waals surface area (Å²) in [6.07, 6.45) is 4.45. The first-order chi connectivity index (χ1) is 14.5. The van der Waals surface area contributed by atoms with Crippen molar-refractivity contribution in [1.82, 2.24) is 0 Å². The van der Waals surface area contributed by atoms with Crippen LogP contribution in [0.4, 0.5) is 0 Å². The molecule has 2 N–H and O–H groups in total. The van der Waals surface area contributed by atoms with Gasteiger partial charge in [-0.25, -0.2) is 0 Å². The van der Waals surface area contributed by atoms with Gasteiger partial charge in [0, 0.05) is 4.86 Å². The van der Waals surface area contributed by atoms with Gasteiger partial charge in [0.15, 0.2) is 5.78 Å². The predicted molar refractivity (Wildman–Crippen MR) is 133 cm³/mol. The molecule has 2 nitrogen and oxygen atoms in total. The van der Waals surface area contributed by atoms with E-state index in [1.807, 2.05) is 18.2 Å². The molecular formula is C28H28O2S. The molecule has 4 rings (SSSR count). The molecule has 1 atom stereocenters. The molecule has 1 fully saturated rings. The number of carbonyl (C=O) groups is 1. The molecule has 0 aliphatic heterocycles. The van der Waals surface area contributed by atoms with Crippen LogP contribution in [0.5, 0.6) is 0 Å². The first-order valence-corrected chi connectivity index (χ1v) is 10.9. The smallest absolute Gasteiger partial charge is 0.171 e. The summed E-state index contributed by atoms with van der Waals surface area (Å²) < 4.78 is 0. The van der Waals surface area contributed by atoms with Gasteiger partial charge in [0.2, 0.25) is 0 Å². The van der Waals surface area contributed by atoms with Crippen molar-refractivity contribution in [2.75, 3.05) is 0 Å². The highest BCUT2D eigenvalue weighted by molar-refractivity contribution is 7.80. The zero-order valence-corrected chi connectivity index (χ0v) is 18.8. The van der Waals surface area contributed by atoms with E-state index in [1.165, 1.54) is 22.3 Å². The maximum absolute atomic E-state index is 13.4. The van der Waals surface area contributed by atoms with Gasteiger partial charge in [0.05, 0.1) is 5.92 Å². The fourth-order valence-electron chi connectivity index (χ4n) is 4.05. The Morgan fingerprint density at radius 2 is 1.48 bits per heavy atom. The monoisotopic (exact) mass is 428 g/mol. The lowest BCUT2D eigenvalue weighted by atomic mass is 9.79. The molecule has 0 saturated heterocycles. The first kappa shape index (κ1) is 22.8. The van der Waals surface area contributed by atoms with Crippen LogP contribution in [0.1, 0.15) is 52.1 Å².